The van der Waals surface area contributed by atoms with Gasteiger partial charge in [0.1, 0.15) is 16.7 Å². The smallest absolute Gasteiger partial charge is 0.196 e. The lowest BCUT2D eigenvalue weighted by atomic mass is 10.0. The zero-order chi connectivity index (χ0) is 12.3. The van der Waals surface area contributed by atoms with Gasteiger partial charge in [0.25, 0.3) is 0 Å². The maximum atomic E-state index is 11.6. The zero-order valence-corrected chi connectivity index (χ0v) is 9.90. The number of phenols is 1. The van der Waals surface area contributed by atoms with Crippen molar-refractivity contribution in [3.8, 4) is 5.75 Å². The molecule has 0 aliphatic heterocycles. The van der Waals surface area contributed by atoms with Gasteiger partial charge in [0, 0.05) is 6.07 Å². The Morgan fingerprint density at radius 1 is 1.29 bits per heavy atom. The van der Waals surface area contributed by atoms with Crippen LogP contribution < -0.4 is 5.43 Å². The molecule has 0 aliphatic carbocycles. The summed E-state index contributed by atoms with van der Waals surface area (Å²) in [5, 5.41) is 10.1. The predicted molar refractivity (Wildman–Crippen MR) is 67.4 cm³/mol. The largest absolute Gasteiger partial charge is 0.507 e. The molecule has 1 heterocycles. The van der Waals surface area contributed by atoms with Crippen LogP contribution in [0.25, 0.3) is 11.0 Å². The van der Waals surface area contributed by atoms with Crippen LogP contribution in [0.15, 0.2) is 33.7 Å². The summed E-state index contributed by atoms with van der Waals surface area (Å²) in [7, 11) is 0. The molecular weight excluding hydrogens is 216 g/mol. The third-order valence-electron chi connectivity index (χ3n) is 2.87. The quantitative estimate of drug-likeness (QED) is 0.823. The summed E-state index contributed by atoms with van der Waals surface area (Å²) in [4.78, 5) is 11.6. The van der Waals surface area contributed by atoms with Gasteiger partial charge in [-0.1, -0.05) is 19.8 Å². The van der Waals surface area contributed by atoms with Crippen LogP contribution in [0.5, 0.6) is 5.75 Å². The van der Waals surface area contributed by atoms with Gasteiger partial charge in [-0.25, -0.2) is 0 Å². The Hall–Kier alpha value is -1.77. The van der Waals surface area contributed by atoms with Crippen molar-refractivity contribution in [2.45, 2.75) is 32.6 Å². The summed E-state index contributed by atoms with van der Waals surface area (Å²) in [5.41, 5.74) is 1.27. The second-order valence-corrected chi connectivity index (χ2v) is 4.23. The summed E-state index contributed by atoms with van der Waals surface area (Å²) >= 11 is 0. The Kier molecular flexibility index (Phi) is 3.47. The molecule has 0 radical (unpaired) electrons. The number of aromatic hydroxyl groups is 1. The third kappa shape index (κ3) is 2.49. The van der Waals surface area contributed by atoms with Gasteiger partial charge in [0.05, 0.1) is 6.26 Å². The van der Waals surface area contributed by atoms with Crippen molar-refractivity contribution in [3.05, 3.63) is 40.2 Å². The van der Waals surface area contributed by atoms with E-state index in [0.29, 0.717) is 5.58 Å². The second kappa shape index (κ2) is 5.04. The number of benzene rings is 1. The minimum Gasteiger partial charge on any atom is -0.507 e. The van der Waals surface area contributed by atoms with E-state index in [1.807, 2.05) is 6.07 Å². The van der Waals surface area contributed by atoms with Crippen LogP contribution in [0.2, 0.25) is 0 Å². The van der Waals surface area contributed by atoms with Crippen LogP contribution in [0.4, 0.5) is 0 Å². The van der Waals surface area contributed by atoms with E-state index in [9.17, 15) is 9.90 Å². The first kappa shape index (κ1) is 11.7. The van der Waals surface area contributed by atoms with Gasteiger partial charge >= 0.3 is 0 Å². The molecule has 1 aromatic carbocycles. The van der Waals surface area contributed by atoms with E-state index in [4.69, 9.17) is 4.42 Å². The number of fused-ring (bicyclic) bond motifs is 1. The molecule has 0 atom stereocenters. The third-order valence-corrected chi connectivity index (χ3v) is 2.87. The van der Waals surface area contributed by atoms with Crippen molar-refractivity contribution in [1.82, 2.24) is 0 Å². The number of phenolic OH excluding ortho intramolecular Hbond substituents is 1. The Labute approximate surface area is 99.7 Å². The summed E-state index contributed by atoms with van der Waals surface area (Å²) in [6, 6.07) is 4.82. The molecule has 1 aromatic heterocycles. The van der Waals surface area contributed by atoms with Crippen LogP contribution in [0, 0.1) is 0 Å². The highest BCUT2D eigenvalue weighted by Gasteiger charge is 2.07. The molecule has 0 saturated heterocycles. The molecular formula is C14H16O3. The van der Waals surface area contributed by atoms with Crippen molar-refractivity contribution in [1.29, 1.82) is 0 Å². The summed E-state index contributed by atoms with van der Waals surface area (Å²) < 4.78 is 5.26. The average molecular weight is 232 g/mol. The highest BCUT2D eigenvalue weighted by molar-refractivity contribution is 5.83. The maximum absolute atomic E-state index is 11.6. The van der Waals surface area contributed by atoms with E-state index in [1.54, 1.807) is 6.07 Å². The highest BCUT2D eigenvalue weighted by atomic mass is 16.3. The van der Waals surface area contributed by atoms with Crippen LogP contribution in [0.1, 0.15) is 31.7 Å². The predicted octanol–water partition coefficient (Wildman–Crippen LogP) is 3.23. The molecule has 0 aliphatic rings. The lowest BCUT2D eigenvalue weighted by Gasteiger charge is -2.04. The molecule has 0 fully saturated rings. The first-order chi connectivity index (χ1) is 8.22. The Bertz CT molecular complexity index is 569. The zero-order valence-electron chi connectivity index (χ0n) is 9.90. The minimum absolute atomic E-state index is 0.0170. The molecule has 1 N–H and O–H groups in total. The molecule has 0 amide bonds. The first-order valence-electron chi connectivity index (χ1n) is 5.95. The number of aryl methyl sites for hydroxylation is 1. The Morgan fingerprint density at radius 2 is 2.12 bits per heavy atom. The highest BCUT2D eigenvalue weighted by Crippen LogP contribution is 2.24. The number of rotatable bonds is 4. The topological polar surface area (TPSA) is 50.4 Å². The molecule has 3 heteroatoms. The summed E-state index contributed by atoms with van der Waals surface area (Å²) in [6.45, 7) is 2.15. The fourth-order valence-corrected chi connectivity index (χ4v) is 1.97. The summed E-state index contributed by atoms with van der Waals surface area (Å²) in [5.74, 6) is 0.0170. The van der Waals surface area contributed by atoms with Crippen LogP contribution in [0.3, 0.4) is 0 Å². The van der Waals surface area contributed by atoms with Gasteiger partial charge in [-0.05, 0) is 30.5 Å². The van der Waals surface area contributed by atoms with Crippen molar-refractivity contribution >= 4 is 11.0 Å². The number of unbranched alkanes of at least 4 members (excludes halogenated alkanes) is 2. The lowest BCUT2D eigenvalue weighted by Crippen LogP contribution is -1.99. The fourth-order valence-electron chi connectivity index (χ4n) is 1.97. The van der Waals surface area contributed by atoms with Crippen LogP contribution in [-0.2, 0) is 6.42 Å². The van der Waals surface area contributed by atoms with Gasteiger partial charge in [0.15, 0.2) is 5.43 Å². The van der Waals surface area contributed by atoms with Crippen molar-refractivity contribution in [3.63, 3.8) is 0 Å². The maximum Gasteiger partial charge on any atom is 0.196 e. The van der Waals surface area contributed by atoms with E-state index in [0.717, 1.165) is 31.2 Å². The minimum atomic E-state index is -0.205. The average Bonchev–Trinajstić information content (AvgIpc) is 2.29. The monoisotopic (exact) mass is 232 g/mol. The molecule has 2 rings (SSSR count). The molecule has 17 heavy (non-hydrogen) atoms. The van der Waals surface area contributed by atoms with Crippen molar-refractivity contribution in [2.24, 2.45) is 0 Å². The van der Waals surface area contributed by atoms with Gasteiger partial charge in [0.2, 0.25) is 0 Å². The van der Waals surface area contributed by atoms with E-state index in [2.05, 4.69) is 6.92 Å². The molecule has 0 saturated carbocycles. The van der Waals surface area contributed by atoms with Gasteiger partial charge in [-0.2, -0.15) is 0 Å². The van der Waals surface area contributed by atoms with Gasteiger partial charge < -0.3 is 9.52 Å². The van der Waals surface area contributed by atoms with Crippen LogP contribution >= 0.6 is 0 Å². The van der Waals surface area contributed by atoms with Gasteiger partial charge in [-0.15, -0.1) is 0 Å². The van der Waals surface area contributed by atoms with Gasteiger partial charge in [-0.3, -0.25) is 4.79 Å². The molecule has 0 spiro atoms. The first-order valence-corrected chi connectivity index (χ1v) is 5.95. The van der Waals surface area contributed by atoms with E-state index in [-0.39, 0.29) is 16.6 Å². The fraction of sp³-hybridized carbons (Fsp3) is 0.357. The summed E-state index contributed by atoms with van der Waals surface area (Å²) in [6.07, 6.45) is 5.67. The van der Waals surface area contributed by atoms with Crippen molar-refractivity contribution in [2.75, 3.05) is 0 Å². The molecule has 0 bridgehead atoms. The SMILES string of the molecule is CCCCCc1cc(O)c2c(=O)ccoc2c1. The molecule has 90 valence electrons. The normalized spacial score (nSPS) is 10.9. The number of hydrogen-bond acceptors (Lipinski definition) is 3. The van der Waals surface area contributed by atoms with Crippen molar-refractivity contribution < 1.29 is 9.52 Å². The Morgan fingerprint density at radius 3 is 2.88 bits per heavy atom. The molecule has 3 nitrogen and oxygen atoms in total. The second-order valence-electron chi connectivity index (χ2n) is 4.23. The van der Waals surface area contributed by atoms with E-state index in [1.165, 1.54) is 12.3 Å². The molecule has 2 aromatic rings. The lowest BCUT2D eigenvalue weighted by molar-refractivity contribution is 0.478. The standard InChI is InChI=1S/C14H16O3/c1-2-3-4-5-10-8-12(16)14-11(15)6-7-17-13(14)9-10/h6-9,16H,2-5H2,1H3. The Balaban J connectivity index is 2.39. The van der Waals surface area contributed by atoms with E-state index >= 15 is 0 Å². The molecule has 0 unspecified atom stereocenters. The van der Waals surface area contributed by atoms with Crippen LogP contribution in [-0.4, -0.2) is 5.11 Å². The van der Waals surface area contributed by atoms with E-state index < -0.39 is 0 Å². The number of hydrogen-bond donors (Lipinski definition) is 1.